The molecule has 0 spiro atoms. The van der Waals surface area contributed by atoms with Gasteiger partial charge in [0.1, 0.15) is 11.5 Å². The fraction of sp³-hybridized carbons (Fsp3) is 0.533. The van der Waals surface area contributed by atoms with Crippen LogP contribution in [0.3, 0.4) is 0 Å². The number of Topliss-reactive ketones (excluding diaryl/α,β-unsaturated/α-hetero) is 1. The molecule has 0 N–H and O–H groups in total. The molecule has 3 nitrogen and oxygen atoms in total. The van der Waals surface area contributed by atoms with E-state index in [0.717, 1.165) is 12.3 Å². The fourth-order valence-corrected chi connectivity index (χ4v) is 2.43. The Labute approximate surface area is 109 Å². The van der Waals surface area contributed by atoms with Gasteiger partial charge >= 0.3 is 0 Å². The molecule has 0 bridgehead atoms. The number of nitrogens with zero attached hydrogens (tertiary/aromatic N) is 1. The molecule has 0 atom stereocenters. The maximum atomic E-state index is 11.5. The Morgan fingerprint density at radius 2 is 1.94 bits per heavy atom. The lowest BCUT2D eigenvalue weighted by Gasteiger charge is -2.30. The van der Waals surface area contributed by atoms with Crippen molar-refractivity contribution in [3.05, 3.63) is 29.8 Å². The number of ether oxygens (including phenoxy) is 1. The van der Waals surface area contributed by atoms with E-state index in [1.807, 2.05) is 19.1 Å². The van der Waals surface area contributed by atoms with Gasteiger partial charge in [0, 0.05) is 18.5 Å². The summed E-state index contributed by atoms with van der Waals surface area (Å²) in [4.78, 5) is 13.8. The minimum Gasteiger partial charge on any atom is -0.494 e. The van der Waals surface area contributed by atoms with Crippen LogP contribution in [0.1, 0.15) is 32.8 Å². The minimum atomic E-state index is -0.0182. The van der Waals surface area contributed by atoms with Crippen LogP contribution in [0.5, 0.6) is 5.75 Å². The van der Waals surface area contributed by atoms with Crippen LogP contribution in [0, 0.1) is 0 Å². The second-order valence-electron chi connectivity index (χ2n) is 5.46. The molecule has 0 aromatic heterocycles. The van der Waals surface area contributed by atoms with Crippen molar-refractivity contribution in [3.63, 3.8) is 0 Å². The molecule has 0 radical (unpaired) electrons. The highest BCUT2D eigenvalue weighted by Crippen LogP contribution is 2.28. The van der Waals surface area contributed by atoms with Gasteiger partial charge in [-0.05, 0) is 38.5 Å². The third kappa shape index (κ3) is 2.91. The number of carbonyl (C=O) groups is 1. The number of hydrogen-bond donors (Lipinski definition) is 0. The molecule has 3 heteroatoms. The van der Waals surface area contributed by atoms with Crippen molar-refractivity contribution in [2.75, 3.05) is 13.2 Å². The van der Waals surface area contributed by atoms with E-state index in [9.17, 15) is 4.79 Å². The molecule has 1 aromatic carbocycles. The molecule has 2 rings (SSSR count). The lowest BCUT2D eigenvalue weighted by molar-refractivity contribution is -0.117. The second-order valence-corrected chi connectivity index (χ2v) is 5.46. The predicted octanol–water partition coefficient (Wildman–Crippen LogP) is 2.64. The Morgan fingerprint density at radius 3 is 2.44 bits per heavy atom. The zero-order chi connectivity index (χ0) is 13.2. The predicted molar refractivity (Wildman–Crippen MR) is 71.7 cm³/mol. The van der Waals surface area contributed by atoms with Gasteiger partial charge in [-0.1, -0.05) is 12.1 Å². The summed E-state index contributed by atoms with van der Waals surface area (Å²) in [6.45, 7) is 8.32. The van der Waals surface area contributed by atoms with Gasteiger partial charge < -0.3 is 4.74 Å². The minimum absolute atomic E-state index is 0.0182. The van der Waals surface area contributed by atoms with Crippen molar-refractivity contribution in [1.82, 2.24) is 4.90 Å². The lowest BCUT2D eigenvalue weighted by Crippen LogP contribution is -2.37. The van der Waals surface area contributed by atoms with Crippen molar-refractivity contribution in [2.45, 2.75) is 39.3 Å². The second kappa shape index (κ2) is 5.11. The summed E-state index contributed by atoms with van der Waals surface area (Å²) in [6.07, 6.45) is 0.657. The molecule has 98 valence electrons. The van der Waals surface area contributed by atoms with Crippen LogP contribution in [-0.2, 0) is 11.3 Å². The molecule has 1 aliphatic heterocycles. The number of benzene rings is 1. The molecule has 0 aliphatic carbocycles. The SMILES string of the molecule is CCOc1ccc(CN2CC(=O)CC2(C)C)cc1. The van der Waals surface area contributed by atoms with E-state index >= 15 is 0 Å². The van der Waals surface area contributed by atoms with E-state index in [4.69, 9.17) is 4.74 Å². The van der Waals surface area contributed by atoms with Crippen LogP contribution in [0.15, 0.2) is 24.3 Å². The Kier molecular flexibility index (Phi) is 3.71. The number of ketones is 1. The molecule has 1 saturated heterocycles. The first-order chi connectivity index (χ1) is 8.51. The van der Waals surface area contributed by atoms with Crippen LogP contribution < -0.4 is 4.74 Å². The average molecular weight is 247 g/mol. The van der Waals surface area contributed by atoms with Gasteiger partial charge in [-0.15, -0.1) is 0 Å². The molecule has 0 saturated carbocycles. The van der Waals surface area contributed by atoms with E-state index in [-0.39, 0.29) is 5.54 Å². The first-order valence-corrected chi connectivity index (χ1v) is 6.50. The number of hydrogen-bond acceptors (Lipinski definition) is 3. The van der Waals surface area contributed by atoms with Gasteiger partial charge in [-0.3, -0.25) is 9.69 Å². The van der Waals surface area contributed by atoms with E-state index in [2.05, 4.69) is 30.9 Å². The van der Waals surface area contributed by atoms with Gasteiger partial charge in [0.25, 0.3) is 0 Å². The summed E-state index contributed by atoms with van der Waals surface area (Å²) in [5, 5.41) is 0. The molecule has 0 unspecified atom stereocenters. The third-order valence-corrected chi connectivity index (χ3v) is 3.46. The first-order valence-electron chi connectivity index (χ1n) is 6.50. The Hall–Kier alpha value is -1.35. The monoisotopic (exact) mass is 247 g/mol. The molecule has 18 heavy (non-hydrogen) atoms. The maximum absolute atomic E-state index is 11.5. The van der Waals surface area contributed by atoms with Crippen LogP contribution in [0.2, 0.25) is 0 Å². The van der Waals surface area contributed by atoms with Crippen molar-refractivity contribution in [1.29, 1.82) is 0 Å². The van der Waals surface area contributed by atoms with Crippen molar-refractivity contribution >= 4 is 5.78 Å². The van der Waals surface area contributed by atoms with Gasteiger partial charge in [-0.25, -0.2) is 0 Å². The van der Waals surface area contributed by atoms with E-state index < -0.39 is 0 Å². The van der Waals surface area contributed by atoms with Crippen LogP contribution >= 0.6 is 0 Å². The maximum Gasteiger partial charge on any atom is 0.148 e. The van der Waals surface area contributed by atoms with Gasteiger partial charge in [0.05, 0.1) is 13.2 Å². The average Bonchev–Trinajstić information content (AvgIpc) is 2.55. The number of rotatable bonds is 4. The molecule has 1 aromatic rings. The third-order valence-electron chi connectivity index (χ3n) is 3.46. The highest BCUT2D eigenvalue weighted by atomic mass is 16.5. The van der Waals surface area contributed by atoms with E-state index in [1.54, 1.807) is 0 Å². The number of carbonyl (C=O) groups excluding carboxylic acids is 1. The molecule has 0 amide bonds. The van der Waals surface area contributed by atoms with Gasteiger partial charge in [0.15, 0.2) is 0 Å². The summed E-state index contributed by atoms with van der Waals surface area (Å²) in [5.41, 5.74) is 1.21. The quantitative estimate of drug-likeness (QED) is 0.819. The van der Waals surface area contributed by atoms with Crippen LogP contribution in [0.25, 0.3) is 0 Å². The van der Waals surface area contributed by atoms with Crippen LogP contribution in [-0.4, -0.2) is 29.4 Å². The summed E-state index contributed by atoms with van der Waals surface area (Å²) in [6, 6.07) is 8.13. The van der Waals surface area contributed by atoms with Gasteiger partial charge in [0.2, 0.25) is 0 Å². The highest BCUT2D eigenvalue weighted by Gasteiger charge is 2.36. The Balaban J connectivity index is 2.03. The normalized spacial score (nSPS) is 19.2. The first kappa shape index (κ1) is 13.1. The van der Waals surface area contributed by atoms with Crippen LogP contribution in [0.4, 0.5) is 0 Å². The fourth-order valence-electron chi connectivity index (χ4n) is 2.43. The Morgan fingerprint density at radius 1 is 1.28 bits per heavy atom. The summed E-state index contributed by atoms with van der Waals surface area (Å²) >= 11 is 0. The standard InChI is InChI=1S/C15H21NO2/c1-4-18-14-7-5-12(6-8-14)10-16-11-13(17)9-15(16,2)3/h5-8H,4,9-11H2,1-3H3. The molecular formula is C15H21NO2. The highest BCUT2D eigenvalue weighted by molar-refractivity contribution is 5.84. The topological polar surface area (TPSA) is 29.5 Å². The summed E-state index contributed by atoms with van der Waals surface area (Å²) in [5.74, 6) is 1.24. The molecule has 1 aliphatic rings. The van der Waals surface area contributed by atoms with Crippen molar-refractivity contribution in [3.8, 4) is 5.75 Å². The number of likely N-dealkylation sites (tertiary alicyclic amines) is 1. The van der Waals surface area contributed by atoms with E-state index in [0.29, 0.717) is 25.4 Å². The smallest absolute Gasteiger partial charge is 0.148 e. The lowest BCUT2D eigenvalue weighted by atomic mass is 10.0. The van der Waals surface area contributed by atoms with Crippen molar-refractivity contribution < 1.29 is 9.53 Å². The van der Waals surface area contributed by atoms with E-state index in [1.165, 1.54) is 5.56 Å². The molecule has 1 fully saturated rings. The largest absolute Gasteiger partial charge is 0.494 e. The summed E-state index contributed by atoms with van der Waals surface area (Å²) in [7, 11) is 0. The van der Waals surface area contributed by atoms with Crippen molar-refractivity contribution in [2.24, 2.45) is 0 Å². The molecular weight excluding hydrogens is 226 g/mol. The zero-order valence-corrected chi connectivity index (χ0v) is 11.4. The zero-order valence-electron chi connectivity index (χ0n) is 11.4. The molecule has 1 heterocycles. The van der Waals surface area contributed by atoms with Gasteiger partial charge in [-0.2, -0.15) is 0 Å². The Bertz CT molecular complexity index is 423. The summed E-state index contributed by atoms with van der Waals surface area (Å²) < 4.78 is 5.42.